The van der Waals surface area contributed by atoms with Gasteiger partial charge in [-0.3, -0.25) is 0 Å². The summed E-state index contributed by atoms with van der Waals surface area (Å²) in [7, 11) is 0. The predicted octanol–water partition coefficient (Wildman–Crippen LogP) is 4.30. The molecular formula is C17H17N3O. The van der Waals surface area contributed by atoms with E-state index in [0.29, 0.717) is 11.9 Å². The molecule has 0 radical (unpaired) electrons. The largest absolute Gasteiger partial charge is 0.423 e. The zero-order chi connectivity index (χ0) is 14.5. The Kier molecular flexibility index (Phi) is 3.96. The standard InChI is InChI=1S/C17H17N3O/c1-2-16(13-6-4-3-5-7-13)19-15-10-8-14(9-11-15)17-20-18-12-21-17/h3-12,16,19H,2H2,1H3. The number of rotatable bonds is 5. The molecule has 3 aromatic rings. The second-order valence-electron chi connectivity index (χ2n) is 4.84. The van der Waals surface area contributed by atoms with Crippen molar-refractivity contribution < 1.29 is 4.42 Å². The van der Waals surface area contributed by atoms with Crippen LogP contribution in [0.1, 0.15) is 24.9 Å². The number of hydrogen-bond donors (Lipinski definition) is 1. The Hall–Kier alpha value is -2.62. The van der Waals surface area contributed by atoms with E-state index in [1.807, 2.05) is 30.3 Å². The first-order chi connectivity index (χ1) is 10.4. The molecule has 21 heavy (non-hydrogen) atoms. The molecule has 1 aromatic heterocycles. The third-order valence-corrected chi connectivity index (χ3v) is 3.44. The van der Waals surface area contributed by atoms with Crippen molar-refractivity contribution in [2.75, 3.05) is 5.32 Å². The van der Waals surface area contributed by atoms with Crippen molar-refractivity contribution in [2.45, 2.75) is 19.4 Å². The summed E-state index contributed by atoms with van der Waals surface area (Å²) in [6, 6.07) is 18.8. The minimum absolute atomic E-state index is 0.306. The van der Waals surface area contributed by atoms with Crippen molar-refractivity contribution in [3.8, 4) is 11.5 Å². The van der Waals surface area contributed by atoms with Crippen molar-refractivity contribution in [3.05, 3.63) is 66.6 Å². The molecule has 0 amide bonds. The fraction of sp³-hybridized carbons (Fsp3) is 0.176. The van der Waals surface area contributed by atoms with E-state index < -0.39 is 0 Å². The van der Waals surface area contributed by atoms with E-state index in [1.54, 1.807) is 0 Å². The summed E-state index contributed by atoms with van der Waals surface area (Å²) in [5.41, 5.74) is 3.29. The first kappa shape index (κ1) is 13.4. The van der Waals surface area contributed by atoms with Gasteiger partial charge in [0.15, 0.2) is 0 Å². The van der Waals surface area contributed by atoms with Gasteiger partial charge in [0.1, 0.15) is 0 Å². The first-order valence-electron chi connectivity index (χ1n) is 7.05. The molecule has 0 saturated heterocycles. The van der Waals surface area contributed by atoms with Gasteiger partial charge in [-0.15, -0.1) is 10.2 Å². The van der Waals surface area contributed by atoms with Gasteiger partial charge in [0.2, 0.25) is 12.3 Å². The summed E-state index contributed by atoms with van der Waals surface area (Å²) in [6.07, 6.45) is 2.36. The van der Waals surface area contributed by atoms with Gasteiger partial charge >= 0.3 is 0 Å². The molecule has 0 aliphatic heterocycles. The third kappa shape index (κ3) is 3.11. The van der Waals surface area contributed by atoms with Crippen LogP contribution in [0, 0.1) is 0 Å². The highest BCUT2D eigenvalue weighted by Crippen LogP contribution is 2.24. The molecule has 1 atom stereocenters. The van der Waals surface area contributed by atoms with Gasteiger partial charge < -0.3 is 9.73 Å². The second kappa shape index (κ2) is 6.22. The van der Waals surface area contributed by atoms with Crippen LogP contribution in [0.3, 0.4) is 0 Å². The van der Waals surface area contributed by atoms with Gasteiger partial charge in [-0.1, -0.05) is 37.3 Å². The minimum atomic E-state index is 0.306. The lowest BCUT2D eigenvalue weighted by Crippen LogP contribution is -2.09. The topological polar surface area (TPSA) is 51.0 Å². The minimum Gasteiger partial charge on any atom is -0.423 e. The molecule has 106 valence electrons. The van der Waals surface area contributed by atoms with Gasteiger partial charge in [-0.2, -0.15) is 0 Å². The van der Waals surface area contributed by atoms with Gasteiger partial charge in [-0.05, 0) is 36.2 Å². The summed E-state index contributed by atoms with van der Waals surface area (Å²) < 4.78 is 5.19. The number of nitrogens with one attached hydrogen (secondary N) is 1. The highest BCUT2D eigenvalue weighted by molar-refractivity contribution is 5.58. The Balaban J connectivity index is 1.75. The van der Waals surface area contributed by atoms with Crippen LogP contribution in [-0.4, -0.2) is 10.2 Å². The normalized spacial score (nSPS) is 12.0. The zero-order valence-electron chi connectivity index (χ0n) is 11.9. The van der Waals surface area contributed by atoms with Crippen LogP contribution in [-0.2, 0) is 0 Å². The Morgan fingerprint density at radius 3 is 2.43 bits per heavy atom. The number of benzene rings is 2. The van der Waals surface area contributed by atoms with E-state index in [2.05, 4.69) is 46.7 Å². The number of nitrogens with zero attached hydrogens (tertiary/aromatic N) is 2. The Morgan fingerprint density at radius 1 is 1.05 bits per heavy atom. The molecule has 2 aromatic carbocycles. The number of anilines is 1. The molecule has 4 nitrogen and oxygen atoms in total. The van der Waals surface area contributed by atoms with Crippen molar-refractivity contribution in [3.63, 3.8) is 0 Å². The average Bonchev–Trinajstić information content (AvgIpc) is 3.08. The Bertz CT molecular complexity index is 663. The van der Waals surface area contributed by atoms with Crippen LogP contribution in [0.15, 0.2) is 65.4 Å². The molecular weight excluding hydrogens is 262 g/mol. The number of aromatic nitrogens is 2. The summed E-state index contributed by atoms with van der Waals surface area (Å²) >= 11 is 0. The molecule has 0 aliphatic rings. The Morgan fingerprint density at radius 2 is 1.81 bits per heavy atom. The molecule has 4 heteroatoms. The van der Waals surface area contributed by atoms with Crippen molar-refractivity contribution in [1.29, 1.82) is 0 Å². The van der Waals surface area contributed by atoms with Gasteiger partial charge in [-0.25, -0.2) is 0 Å². The zero-order valence-corrected chi connectivity index (χ0v) is 11.9. The SMILES string of the molecule is CCC(Nc1ccc(-c2nnco2)cc1)c1ccccc1. The Labute approximate surface area is 123 Å². The fourth-order valence-corrected chi connectivity index (χ4v) is 2.32. The van der Waals surface area contributed by atoms with Crippen molar-refractivity contribution in [2.24, 2.45) is 0 Å². The maximum absolute atomic E-state index is 5.19. The quantitative estimate of drug-likeness (QED) is 0.756. The van der Waals surface area contributed by atoms with Crippen molar-refractivity contribution in [1.82, 2.24) is 10.2 Å². The molecule has 0 bridgehead atoms. The smallest absolute Gasteiger partial charge is 0.247 e. The van der Waals surface area contributed by atoms with Crippen LogP contribution >= 0.6 is 0 Å². The average molecular weight is 279 g/mol. The van der Waals surface area contributed by atoms with E-state index in [-0.39, 0.29) is 0 Å². The summed E-state index contributed by atoms with van der Waals surface area (Å²) in [5.74, 6) is 0.539. The molecule has 0 saturated carbocycles. The molecule has 0 spiro atoms. The lowest BCUT2D eigenvalue weighted by molar-refractivity contribution is 0.568. The summed E-state index contributed by atoms with van der Waals surface area (Å²) in [4.78, 5) is 0. The lowest BCUT2D eigenvalue weighted by Gasteiger charge is -2.18. The lowest BCUT2D eigenvalue weighted by atomic mass is 10.0. The van der Waals surface area contributed by atoms with Gasteiger partial charge in [0.05, 0.1) is 6.04 Å². The van der Waals surface area contributed by atoms with Gasteiger partial charge in [0, 0.05) is 11.3 Å². The van der Waals surface area contributed by atoms with E-state index >= 15 is 0 Å². The third-order valence-electron chi connectivity index (χ3n) is 3.44. The first-order valence-corrected chi connectivity index (χ1v) is 7.05. The maximum atomic E-state index is 5.19. The monoisotopic (exact) mass is 279 g/mol. The number of hydrogen-bond acceptors (Lipinski definition) is 4. The highest BCUT2D eigenvalue weighted by atomic mass is 16.4. The van der Waals surface area contributed by atoms with Crippen LogP contribution in [0.25, 0.3) is 11.5 Å². The molecule has 1 N–H and O–H groups in total. The molecule has 0 aliphatic carbocycles. The highest BCUT2D eigenvalue weighted by Gasteiger charge is 2.09. The fourth-order valence-electron chi connectivity index (χ4n) is 2.32. The summed E-state index contributed by atoms with van der Waals surface area (Å²) in [5, 5.41) is 11.1. The van der Waals surface area contributed by atoms with Crippen LogP contribution in [0.5, 0.6) is 0 Å². The van der Waals surface area contributed by atoms with Crippen molar-refractivity contribution >= 4 is 5.69 Å². The predicted molar refractivity (Wildman–Crippen MR) is 82.8 cm³/mol. The van der Waals surface area contributed by atoms with E-state index in [4.69, 9.17) is 4.42 Å². The molecule has 1 heterocycles. The molecule has 3 rings (SSSR count). The van der Waals surface area contributed by atoms with E-state index in [1.165, 1.54) is 12.0 Å². The van der Waals surface area contributed by atoms with Crippen LogP contribution in [0.2, 0.25) is 0 Å². The van der Waals surface area contributed by atoms with E-state index in [0.717, 1.165) is 17.7 Å². The van der Waals surface area contributed by atoms with Crippen LogP contribution in [0.4, 0.5) is 5.69 Å². The molecule has 1 unspecified atom stereocenters. The maximum Gasteiger partial charge on any atom is 0.247 e. The second-order valence-corrected chi connectivity index (χ2v) is 4.84. The van der Waals surface area contributed by atoms with Crippen LogP contribution < -0.4 is 5.32 Å². The summed E-state index contributed by atoms with van der Waals surface area (Å²) in [6.45, 7) is 2.18. The molecule has 0 fully saturated rings. The van der Waals surface area contributed by atoms with Gasteiger partial charge in [0.25, 0.3) is 0 Å². The van der Waals surface area contributed by atoms with E-state index in [9.17, 15) is 0 Å².